The zero-order valence-electron chi connectivity index (χ0n) is 10.3. The molecule has 2 rings (SSSR count). The topological polar surface area (TPSA) is 40.2 Å². The predicted molar refractivity (Wildman–Crippen MR) is 74.4 cm³/mol. The second kappa shape index (κ2) is 5.28. The van der Waals surface area contributed by atoms with E-state index in [9.17, 15) is 0 Å². The third-order valence-electron chi connectivity index (χ3n) is 2.68. The van der Waals surface area contributed by atoms with Crippen LogP contribution in [0.5, 0.6) is 0 Å². The van der Waals surface area contributed by atoms with Crippen LogP contribution >= 0.6 is 15.9 Å². The second-order valence-corrected chi connectivity index (χ2v) is 5.00. The van der Waals surface area contributed by atoms with Crippen LogP contribution in [0.1, 0.15) is 17.1 Å². The number of benzene rings is 1. The van der Waals surface area contributed by atoms with Gasteiger partial charge >= 0.3 is 0 Å². The van der Waals surface area contributed by atoms with Crippen molar-refractivity contribution in [3.63, 3.8) is 0 Å². The minimum Gasteiger partial charge on any atom is -0.464 e. The summed E-state index contributed by atoms with van der Waals surface area (Å²) in [4.78, 5) is 2.07. The summed E-state index contributed by atoms with van der Waals surface area (Å²) in [7, 11) is 1.99. The maximum atomic E-state index is 8.83. The van der Waals surface area contributed by atoms with Gasteiger partial charge in [0.1, 0.15) is 11.5 Å². The van der Waals surface area contributed by atoms with Crippen LogP contribution in [0.2, 0.25) is 0 Å². The highest BCUT2D eigenvalue weighted by atomic mass is 79.9. The number of nitrogens with zero attached hydrogens (tertiary/aromatic N) is 2. The van der Waals surface area contributed by atoms with Crippen molar-refractivity contribution in [1.82, 2.24) is 0 Å². The SMILES string of the molecule is Cc1ccc(CN(C)c2ccc(C#N)cc2Br)o1. The summed E-state index contributed by atoms with van der Waals surface area (Å²) in [6.07, 6.45) is 0. The Kier molecular flexibility index (Phi) is 3.73. The summed E-state index contributed by atoms with van der Waals surface area (Å²) in [6.45, 7) is 2.62. The van der Waals surface area contributed by atoms with Crippen LogP contribution in [0.3, 0.4) is 0 Å². The first-order valence-corrected chi connectivity index (χ1v) is 6.35. The molecule has 0 unspecified atom stereocenters. The third-order valence-corrected chi connectivity index (χ3v) is 3.31. The van der Waals surface area contributed by atoms with Gasteiger partial charge in [0.15, 0.2) is 0 Å². The number of hydrogen-bond acceptors (Lipinski definition) is 3. The van der Waals surface area contributed by atoms with E-state index in [0.717, 1.165) is 21.7 Å². The predicted octanol–water partition coefficient (Wildman–Crippen LogP) is 3.86. The van der Waals surface area contributed by atoms with Gasteiger partial charge in [-0.2, -0.15) is 5.26 Å². The molecule has 4 heteroatoms. The molecule has 1 aromatic carbocycles. The fraction of sp³-hybridized carbons (Fsp3) is 0.214. The molecule has 0 aliphatic heterocycles. The van der Waals surface area contributed by atoms with Crippen molar-refractivity contribution in [3.05, 3.63) is 51.9 Å². The van der Waals surface area contributed by atoms with Gasteiger partial charge in [0.25, 0.3) is 0 Å². The minimum atomic E-state index is 0.646. The number of hydrogen-bond donors (Lipinski definition) is 0. The second-order valence-electron chi connectivity index (χ2n) is 4.15. The maximum Gasteiger partial charge on any atom is 0.123 e. The summed E-state index contributed by atoms with van der Waals surface area (Å²) < 4.78 is 6.46. The first-order chi connectivity index (χ1) is 8.60. The van der Waals surface area contributed by atoms with Gasteiger partial charge in [0, 0.05) is 11.5 Å². The van der Waals surface area contributed by atoms with Crippen LogP contribution in [0.25, 0.3) is 0 Å². The molecule has 0 amide bonds. The van der Waals surface area contributed by atoms with Gasteiger partial charge in [-0.15, -0.1) is 0 Å². The fourth-order valence-electron chi connectivity index (χ4n) is 1.78. The number of furan rings is 1. The van der Waals surface area contributed by atoms with E-state index in [-0.39, 0.29) is 0 Å². The molecule has 0 fully saturated rings. The van der Waals surface area contributed by atoms with Crippen molar-refractivity contribution >= 4 is 21.6 Å². The van der Waals surface area contributed by atoms with Crippen molar-refractivity contribution in [1.29, 1.82) is 5.26 Å². The van der Waals surface area contributed by atoms with Gasteiger partial charge in [-0.05, 0) is 53.2 Å². The van der Waals surface area contributed by atoms with Crippen LogP contribution in [0.15, 0.2) is 39.2 Å². The van der Waals surface area contributed by atoms with Crippen molar-refractivity contribution in [2.45, 2.75) is 13.5 Å². The van der Waals surface area contributed by atoms with Gasteiger partial charge < -0.3 is 9.32 Å². The summed E-state index contributed by atoms with van der Waals surface area (Å²) in [5.74, 6) is 1.84. The van der Waals surface area contributed by atoms with E-state index < -0.39 is 0 Å². The molecule has 0 atom stereocenters. The standard InChI is InChI=1S/C14H13BrN2O/c1-10-3-5-12(18-10)9-17(2)14-6-4-11(8-16)7-13(14)15/h3-7H,9H2,1-2H3. The molecule has 18 heavy (non-hydrogen) atoms. The van der Waals surface area contributed by atoms with Crippen LogP contribution in [0, 0.1) is 18.3 Å². The first kappa shape index (κ1) is 12.7. The molecule has 0 aliphatic rings. The van der Waals surface area contributed by atoms with Gasteiger partial charge in [-0.25, -0.2) is 0 Å². The molecule has 0 bridgehead atoms. The molecule has 0 N–H and O–H groups in total. The van der Waals surface area contributed by atoms with E-state index in [1.165, 1.54) is 0 Å². The lowest BCUT2D eigenvalue weighted by Gasteiger charge is -2.19. The van der Waals surface area contributed by atoms with Gasteiger partial charge in [-0.1, -0.05) is 0 Å². The van der Waals surface area contributed by atoms with Crippen molar-refractivity contribution < 1.29 is 4.42 Å². The fourth-order valence-corrected chi connectivity index (χ4v) is 2.46. The van der Waals surface area contributed by atoms with Crippen molar-refractivity contribution in [2.75, 3.05) is 11.9 Å². The van der Waals surface area contributed by atoms with Gasteiger partial charge in [0.2, 0.25) is 0 Å². The van der Waals surface area contributed by atoms with Crippen LogP contribution in [-0.2, 0) is 6.54 Å². The summed E-state index contributed by atoms with van der Waals surface area (Å²) in [5, 5.41) is 8.83. The minimum absolute atomic E-state index is 0.646. The lowest BCUT2D eigenvalue weighted by Crippen LogP contribution is -2.16. The Morgan fingerprint density at radius 2 is 2.11 bits per heavy atom. The molecule has 0 spiro atoms. The number of rotatable bonds is 3. The normalized spacial score (nSPS) is 10.1. The molecule has 92 valence electrons. The molecule has 0 aliphatic carbocycles. The van der Waals surface area contributed by atoms with E-state index in [4.69, 9.17) is 9.68 Å². The lowest BCUT2D eigenvalue weighted by molar-refractivity contribution is 0.481. The average molecular weight is 305 g/mol. The van der Waals surface area contributed by atoms with E-state index in [1.54, 1.807) is 0 Å². The molecule has 1 heterocycles. The average Bonchev–Trinajstić information content (AvgIpc) is 2.74. The highest BCUT2D eigenvalue weighted by Crippen LogP contribution is 2.27. The Bertz CT molecular complexity index is 598. The summed E-state index contributed by atoms with van der Waals surface area (Å²) >= 11 is 3.48. The summed E-state index contributed by atoms with van der Waals surface area (Å²) in [6, 6.07) is 11.6. The van der Waals surface area contributed by atoms with Crippen LogP contribution in [0.4, 0.5) is 5.69 Å². The smallest absolute Gasteiger partial charge is 0.123 e. The van der Waals surface area contributed by atoms with Gasteiger partial charge in [-0.3, -0.25) is 0 Å². The Morgan fingerprint density at radius 3 is 2.67 bits per heavy atom. The van der Waals surface area contributed by atoms with Crippen LogP contribution < -0.4 is 4.90 Å². The number of aryl methyl sites for hydroxylation is 1. The van der Waals surface area contributed by atoms with E-state index in [0.29, 0.717) is 12.1 Å². The highest BCUT2D eigenvalue weighted by molar-refractivity contribution is 9.10. The Hall–Kier alpha value is -1.73. The number of nitriles is 1. The van der Waals surface area contributed by atoms with E-state index >= 15 is 0 Å². The Morgan fingerprint density at radius 1 is 1.33 bits per heavy atom. The molecule has 3 nitrogen and oxygen atoms in total. The zero-order valence-corrected chi connectivity index (χ0v) is 11.9. The molecular formula is C14H13BrN2O. The van der Waals surface area contributed by atoms with E-state index in [1.807, 2.05) is 44.3 Å². The zero-order chi connectivity index (χ0) is 13.1. The molecular weight excluding hydrogens is 292 g/mol. The monoisotopic (exact) mass is 304 g/mol. The van der Waals surface area contributed by atoms with E-state index in [2.05, 4.69) is 26.9 Å². The van der Waals surface area contributed by atoms with Crippen LogP contribution in [-0.4, -0.2) is 7.05 Å². The van der Waals surface area contributed by atoms with Crippen molar-refractivity contribution in [3.8, 4) is 6.07 Å². The molecule has 2 aromatic rings. The van der Waals surface area contributed by atoms with Crippen molar-refractivity contribution in [2.24, 2.45) is 0 Å². The Labute approximate surface area is 115 Å². The lowest BCUT2D eigenvalue weighted by atomic mass is 10.2. The molecule has 0 saturated heterocycles. The molecule has 0 radical (unpaired) electrons. The van der Waals surface area contributed by atoms with Gasteiger partial charge in [0.05, 0.1) is 23.9 Å². The maximum absolute atomic E-state index is 8.83. The molecule has 0 saturated carbocycles. The number of anilines is 1. The Balaban J connectivity index is 2.19. The first-order valence-electron chi connectivity index (χ1n) is 5.56. The summed E-state index contributed by atoms with van der Waals surface area (Å²) in [5.41, 5.74) is 1.68. The largest absolute Gasteiger partial charge is 0.464 e. The third kappa shape index (κ3) is 2.74. The number of halogens is 1. The molecule has 1 aromatic heterocycles. The quantitative estimate of drug-likeness (QED) is 0.864. The highest BCUT2D eigenvalue weighted by Gasteiger charge is 2.09.